The number of amides is 2. The van der Waals surface area contributed by atoms with Gasteiger partial charge in [-0.15, -0.1) is 0 Å². The molecule has 0 bridgehead atoms. The topological polar surface area (TPSA) is 96.0 Å². The molecule has 0 saturated carbocycles. The molecule has 2 aliphatic rings. The Balaban J connectivity index is 1.47. The normalized spacial score (nSPS) is 18.9. The van der Waals surface area contributed by atoms with Gasteiger partial charge in [0.25, 0.3) is 0 Å². The molecule has 2 aromatic carbocycles. The van der Waals surface area contributed by atoms with Crippen molar-refractivity contribution in [3.05, 3.63) is 53.6 Å². The number of fused-ring (bicyclic) bond motifs is 1. The lowest BCUT2D eigenvalue weighted by Gasteiger charge is -2.33. The third kappa shape index (κ3) is 5.10. The van der Waals surface area contributed by atoms with Gasteiger partial charge < -0.3 is 15.0 Å². The predicted molar refractivity (Wildman–Crippen MR) is 129 cm³/mol. The summed E-state index contributed by atoms with van der Waals surface area (Å²) in [7, 11) is -2.01. The van der Waals surface area contributed by atoms with Crippen LogP contribution in [0.3, 0.4) is 0 Å². The number of rotatable bonds is 7. The highest BCUT2D eigenvalue weighted by molar-refractivity contribution is 7.89. The van der Waals surface area contributed by atoms with E-state index in [0.717, 1.165) is 36.1 Å². The van der Waals surface area contributed by atoms with Gasteiger partial charge in [0.15, 0.2) is 0 Å². The maximum absolute atomic E-state index is 13.2. The molecule has 34 heavy (non-hydrogen) atoms. The summed E-state index contributed by atoms with van der Waals surface area (Å²) in [5, 5.41) is 2.84. The second-order valence-electron chi connectivity index (χ2n) is 8.86. The molecular formula is C25H31N3O5S. The first-order valence-corrected chi connectivity index (χ1v) is 13.1. The maximum Gasteiger partial charge on any atom is 0.243 e. The summed E-state index contributed by atoms with van der Waals surface area (Å²) in [6.07, 6.45) is 3.45. The van der Waals surface area contributed by atoms with Crippen LogP contribution in [0.25, 0.3) is 0 Å². The monoisotopic (exact) mass is 485 g/mol. The number of hydrogen-bond acceptors (Lipinski definition) is 5. The van der Waals surface area contributed by atoms with Crippen LogP contribution < -0.4 is 15.0 Å². The number of benzene rings is 2. The van der Waals surface area contributed by atoms with Crippen LogP contribution in [-0.2, 0) is 32.6 Å². The molecule has 0 aliphatic carbocycles. The zero-order valence-corrected chi connectivity index (χ0v) is 20.4. The van der Waals surface area contributed by atoms with E-state index in [-0.39, 0.29) is 35.7 Å². The molecule has 8 nitrogen and oxygen atoms in total. The first-order chi connectivity index (χ1) is 16.3. The van der Waals surface area contributed by atoms with E-state index in [2.05, 4.69) is 5.32 Å². The Morgan fingerprint density at radius 3 is 2.59 bits per heavy atom. The average Bonchev–Trinajstić information content (AvgIpc) is 2.84. The molecule has 2 heterocycles. The molecule has 4 rings (SSSR count). The molecule has 1 N–H and O–H groups in total. The van der Waals surface area contributed by atoms with Gasteiger partial charge in [0.05, 0.1) is 12.0 Å². The van der Waals surface area contributed by atoms with Gasteiger partial charge in [0, 0.05) is 31.2 Å². The largest absolute Gasteiger partial charge is 0.497 e. The predicted octanol–water partition coefficient (Wildman–Crippen LogP) is 2.85. The summed E-state index contributed by atoms with van der Waals surface area (Å²) in [4.78, 5) is 26.9. The number of sulfonamides is 1. The second kappa shape index (κ2) is 10.1. The Kier molecular flexibility index (Phi) is 7.23. The van der Waals surface area contributed by atoms with Gasteiger partial charge in [-0.1, -0.05) is 18.6 Å². The van der Waals surface area contributed by atoms with Crippen LogP contribution in [0.4, 0.5) is 5.69 Å². The third-order valence-corrected chi connectivity index (χ3v) is 8.56. The molecule has 2 aromatic rings. The number of carbonyl (C=O) groups excluding carboxylic acids is 2. The second-order valence-corrected chi connectivity index (χ2v) is 10.7. The van der Waals surface area contributed by atoms with Crippen molar-refractivity contribution < 1.29 is 22.7 Å². The van der Waals surface area contributed by atoms with Gasteiger partial charge in [-0.3, -0.25) is 9.59 Å². The van der Waals surface area contributed by atoms with E-state index < -0.39 is 10.0 Å². The summed E-state index contributed by atoms with van der Waals surface area (Å²) < 4.78 is 33.2. The maximum atomic E-state index is 13.2. The molecule has 1 atom stereocenters. The quantitative estimate of drug-likeness (QED) is 0.651. The minimum Gasteiger partial charge on any atom is -0.497 e. The van der Waals surface area contributed by atoms with Crippen molar-refractivity contribution >= 4 is 27.5 Å². The number of nitrogens with one attached hydrogen (secondary N) is 1. The van der Waals surface area contributed by atoms with Crippen LogP contribution >= 0.6 is 0 Å². The van der Waals surface area contributed by atoms with Crippen molar-refractivity contribution in [1.29, 1.82) is 0 Å². The first-order valence-electron chi connectivity index (χ1n) is 11.6. The third-order valence-electron chi connectivity index (χ3n) is 6.55. The molecule has 2 amide bonds. The molecule has 1 unspecified atom stereocenters. The Morgan fingerprint density at radius 2 is 1.88 bits per heavy atom. The Morgan fingerprint density at radius 1 is 1.12 bits per heavy atom. The summed E-state index contributed by atoms with van der Waals surface area (Å²) in [5.74, 6) is 0.310. The molecule has 0 spiro atoms. The van der Waals surface area contributed by atoms with Crippen LogP contribution in [0.5, 0.6) is 5.75 Å². The minimum atomic E-state index is -3.60. The van der Waals surface area contributed by atoms with E-state index in [0.29, 0.717) is 25.2 Å². The number of piperidine rings is 1. The number of aryl methyl sites for hydroxylation is 1. The van der Waals surface area contributed by atoms with E-state index in [9.17, 15) is 18.0 Å². The molecule has 9 heteroatoms. The number of methoxy groups -OCH3 is 1. The van der Waals surface area contributed by atoms with Gasteiger partial charge in [-0.2, -0.15) is 4.31 Å². The van der Waals surface area contributed by atoms with Crippen LogP contribution in [0.2, 0.25) is 0 Å². The SMILES string of the molecule is COc1ccc(CNC(=O)CN2C(=O)CCc3cc(S(=O)(=O)N4CCCCC4C)ccc32)cc1. The molecule has 2 aliphatic heterocycles. The number of ether oxygens (including phenoxy) is 1. The zero-order valence-electron chi connectivity index (χ0n) is 19.6. The molecule has 1 fully saturated rings. The van der Waals surface area contributed by atoms with E-state index in [1.165, 1.54) is 4.90 Å². The van der Waals surface area contributed by atoms with Gasteiger partial charge in [0.1, 0.15) is 12.3 Å². The van der Waals surface area contributed by atoms with Crippen molar-refractivity contribution in [2.24, 2.45) is 0 Å². The van der Waals surface area contributed by atoms with Crippen molar-refractivity contribution in [2.75, 3.05) is 25.1 Å². The molecular weight excluding hydrogens is 454 g/mol. The Hall–Kier alpha value is -2.91. The van der Waals surface area contributed by atoms with Crippen molar-refractivity contribution in [3.63, 3.8) is 0 Å². The number of anilines is 1. The number of hydrogen-bond donors (Lipinski definition) is 1. The Bertz CT molecular complexity index is 1160. The summed E-state index contributed by atoms with van der Waals surface area (Å²) in [5.41, 5.74) is 2.29. The molecule has 1 saturated heterocycles. The van der Waals surface area contributed by atoms with Crippen molar-refractivity contribution in [2.45, 2.75) is 56.5 Å². The van der Waals surface area contributed by atoms with Crippen LogP contribution in [0, 0.1) is 0 Å². The fourth-order valence-electron chi connectivity index (χ4n) is 4.58. The van der Waals surface area contributed by atoms with Gasteiger partial charge in [-0.05, 0) is 67.6 Å². The highest BCUT2D eigenvalue weighted by Gasteiger charge is 2.33. The van der Waals surface area contributed by atoms with Crippen LogP contribution in [0.15, 0.2) is 47.4 Å². The zero-order chi connectivity index (χ0) is 24.3. The first kappa shape index (κ1) is 24.2. The minimum absolute atomic E-state index is 0.0257. The van der Waals surface area contributed by atoms with Crippen molar-refractivity contribution in [3.8, 4) is 5.75 Å². The summed E-state index contributed by atoms with van der Waals surface area (Å²) >= 11 is 0. The standard InChI is InChI=1S/C25H31N3O5S/c1-18-5-3-4-14-28(18)34(31,32)22-11-12-23-20(15-22)8-13-25(30)27(23)17-24(29)26-16-19-6-9-21(33-2)10-7-19/h6-7,9-12,15,18H,3-5,8,13-14,16-17H2,1-2H3,(H,26,29). The fourth-order valence-corrected chi connectivity index (χ4v) is 6.33. The lowest BCUT2D eigenvalue weighted by Crippen LogP contribution is -2.43. The molecule has 182 valence electrons. The average molecular weight is 486 g/mol. The van der Waals surface area contributed by atoms with Gasteiger partial charge >= 0.3 is 0 Å². The van der Waals surface area contributed by atoms with Crippen LogP contribution in [0.1, 0.15) is 43.7 Å². The van der Waals surface area contributed by atoms with Crippen LogP contribution in [-0.4, -0.2) is 50.8 Å². The number of carbonyl (C=O) groups is 2. The summed E-state index contributed by atoms with van der Waals surface area (Å²) in [6, 6.07) is 12.2. The number of nitrogens with zero attached hydrogens (tertiary/aromatic N) is 2. The van der Waals surface area contributed by atoms with E-state index in [4.69, 9.17) is 4.74 Å². The van der Waals surface area contributed by atoms with Gasteiger partial charge in [0.2, 0.25) is 21.8 Å². The Labute approximate surface area is 200 Å². The van der Waals surface area contributed by atoms with E-state index in [1.807, 2.05) is 31.2 Å². The fraction of sp³-hybridized carbons (Fsp3) is 0.440. The lowest BCUT2D eigenvalue weighted by molar-refractivity contribution is -0.124. The van der Waals surface area contributed by atoms with E-state index >= 15 is 0 Å². The smallest absolute Gasteiger partial charge is 0.243 e. The van der Waals surface area contributed by atoms with Gasteiger partial charge in [-0.25, -0.2) is 8.42 Å². The molecule has 0 radical (unpaired) electrons. The van der Waals surface area contributed by atoms with E-state index in [1.54, 1.807) is 29.6 Å². The lowest BCUT2D eigenvalue weighted by atomic mass is 10.0. The highest BCUT2D eigenvalue weighted by atomic mass is 32.2. The highest BCUT2D eigenvalue weighted by Crippen LogP contribution is 2.32. The molecule has 0 aromatic heterocycles. The summed E-state index contributed by atoms with van der Waals surface area (Å²) in [6.45, 7) is 2.69. The van der Waals surface area contributed by atoms with Crippen molar-refractivity contribution in [1.82, 2.24) is 9.62 Å².